The first-order chi connectivity index (χ1) is 11.6. The number of thiophene rings is 1. The van der Waals surface area contributed by atoms with Gasteiger partial charge in [0.1, 0.15) is 5.75 Å². The van der Waals surface area contributed by atoms with Gasteiger partial charge in [0, 0.05) is 32.1 Å². The molecule has 1 aromatic carbocycles. The van der Waals surface area contributed by atoms with Gasteiger partial charge in [-0.3, -0.25) is 4.90 Å². The van der Waals surface area contributed by atoms with Gasteiger partial charge < -0.3 is 4.74 Å². The van der Waals surface area contributed by atoms with E-state index in [1.165, 1.54) is 12.0 Å². The molecule has 128 valence electrons. The van der Waals surface area contributed by atoms with Crippen LogP contribution in [0.4, 0.5) is 0 Å². The number of fused-ring (bicyclic) bond motifs is 1. The molecule has 1 atom stereocenters. The third kappa shape index (κ3) is 3.09. The number of nitrogens with one attached hydrogen (secondary N) is 1. The molecule has 0 unspecified atom stereocenters. The highest BCUT2D eigenvalue weighted by Gasteiger charge is 2.28. The summed E-state index contributed by atoms with van der Waals surface area (Å²) >= 11 is 1.65. The van der Waals surface area contributed by atoms with Crippen LogP contribution in [-0.2, 0) is 16.4 Å². The van der Waals surface area contributed by atoms with Crippen LogP contribution in [0.3, 0.4) is 0 Å². The zero-order valence-corrected chi connectivity index (χ0v) is 14.9. The van der Waals surface area contributed by atoms with Crippen molar-refractivity contribution in [1.29, 1.82) is 0 Å². The second-order valence-corrected chi connectivity index (χ2v) is 8.73. The lowest BCUT2D eigenvalue weighted by atomic mass is 10.1. The second-order valence-electron chi connectivity index (χ2n) is 6.18. The van der Waals surface area contributed by atoms with E-state index in [0.29, 0.717) is 18.0 Å². The number of rotatable bonds is 6. The number of likely N-dealkylation sites (tertiary alicyclic amines) is 1. The summed E-state index contributed by atoms with van der Waals surface area (Å²) < 4.78 is 33.6. The van der Waals surface area contributed by atoms with Gasteiger partial charge in [-0.2, -0.15) is 11.3 Å². The molecule has 1 aromatic heterocycles. The van der Waals surface area contributed by atoms with E-state index >= 15 is 0 Å². The minimum absolute atomic E-state index is 0.109. The average molecular weight is 364 g/mol. The lowest BCUT2D eigenvalue weighted by molar-refractivity contribution is 0.120. The molecule has 0 aliphatic carbocycles. The predicted molar refractivity (Wildman–Crippen MR) is 94.1 cm³/mol. The first-order valence-corrected chi connectivity index (χ1v) is 10.6. The lowest BCUT2D eigenvalue weighted by Gasteiger charge is -2.38. The zero-order valence-electron chi connectivity index (χ0n) is 13.3. The van der Waals surface area contributed by atoms with Crippen LogP contribution in [0.5, 0.6) is 5.75 Å². The van der Waals surface area contributed by atoms with Crippen molar-refractivity contribution < 1.29 is 13.2 Å². The Morgan fingerprint density at radius 2 is 2.17 bits per heavy atom. The molecule has 1 fully saturated rings. The minimum Gasteiger partial charge on any atom is -0.493 e. The fourth-order valence-corrected chi connectivity index (χ4v) is 4.97. The molecule has 0 radical (unpaired) electrons. The van der Waals surface area contributed by atoms with E-state index in [1.54, 1.807) is 29.5 Å². The van der Waals surface area contributed by atoms with Gasteiger partial charge in [0.2, 0.25) is 10.0 Å². The van der Waals surface area contributed by atoms with E-state index in [1.807, 2.05) is 5.38 Å². The summed E-state index contributed by atoms with van der Waals surface area (Å²) in [5.41, 5.74) is 2.15. The van der Waals surface area contributed by atoms with Crippen molar-refractivity contribution in [2.45, 2.75) is 23.8 Å². The standard InChI is InChI=1S/C17H20N2O3S2/c20-24(21,15-2-3-17-13(10-15)4-8-22-17)18-11-16(19-6-1-7-19)14-5-9-23-12-14/h2-3,5,9-10,12,16,18H,1,4,6-8,11H2/t16-/m1/s1. The van der Waals surface area contributed by atoms with Crippen LogP contribution in [0, 0.1) is 0 Å². The van der Waals surface area contributed by atoms with Crippen LogP contribution in [0.2, 0.25) is 0 Å². The summed E-state index contributed by atoms with van der Waals surface area (Å²) in [6.07, 6.45) is 1.95. The van der Waals surface area contributed by atoms with Crippen molar-refractivity contribution in [2.75, 3.05) is 26.2 Å². The van der Waals surface area contributed by atoms with Crippen molar-refractivity contribution in [3.63, 3.8) is 0 Å². The molecule has 7 heteroatoms. The molecule has 0 bridgehead atoms. The molecule has 3 heterocycles. The Morgan fingerprint density at radius 3 is 2.88 bits per heavy atom. The first kappa shape index (κ1) is 16.1. The Kier molecular flexibility index (Phi) is 4.34. The van der Waals surface area contributed by atoms with Gasteiger partial charge in [-0.05, 0) is 52.6 Å². The largest absolute Gasteiger partial charge is 0.493 e. The maximum atomic E-state index is 12.7. The highest BCUT2D eigenvalue weighted by Crippen LogP contribution is 2.29. The van der Waals surface area contributed by atoms with Gasteiger partial charge in [0.25, 0.3) is 0 Å². The second kappa shape index (κ2) is 6.48. The van der Waals surface area contributed by atoms with E-state index in [-0.39, 0.29) is 6.04 Å². The Balaban J connectivity index is 1.51. The minimum atomic E-state index is -3.51. The van der Waals surface area contributed by atoms with Gasteiger partial charge in [-0.25, -0.2) is 13.1 Å². The molecule has 2 aliphatic rings. The average Bonchev–Trinajstić information content (AvgIpc) is 3.19. The summed E-state index contributed by atoms with van der Waals surface area (Å²) in [5.74, 6) is 0.797. The number of sulfonamides is 1. The van der Waals surface area contributed by atoms with Crippen LogP contribution in [-0.4, -0.2) is 39.6 Å². The van der Waals surface area contributed by atoms with E-state index in [4.69, 9.17) is 4.74 Å². The monoisotopic (exact) mass is 364 g/mol. The SMILES string of the molecule is O=S(=O)(NC[C@H](c1ccsc1)N1CCC1)c1ccc2c(c1)CCO2. The van der Waals surface area contributed by atoms with Gasteiger partial charge in [-0.1, -0.05) is 0 Å². The maximum Gasteiger partial charge on any atom is 0.240 e. The first-order valence-electron chi connectivity index (χ1n) is 8.15. The van der Waals surface area contributed by atoms with Crippen LogP contribution in [0.25, 0.3) is 0 Å². The smallest absolute Gasteiger partial charge is 0.240 e. The van der Waals surface area contributed by atoms with Crippen molar-refractivity contribution in [1.82, 2.24) is 9.62 Å². The van der Waals surface area contributed by atoms with E-state index < -0.39 is 10.0 Å². The Morgan fingerprint density at radius 1 is 1.29 bits per heavy atom. The molecule has 1 N–H and O–H groups in total. The topological polar surface area (TPSA) is 58.6 Å². The molecule has 4 rings (SSSR count). The predicted octanol–water partition coefficient (Wildman–Crippen LogP) is 2.41. The van der Waals surface area contributed by atoms with Crippen LogP contribution >= 0.6 is 11.3 Å². The van der Waals surface area contributed by atoms with Crippen LogP contribution in [0.15, 0.2) is 39.9 Å². The quantitative estimate of drug-likeness (QED) is 0.855. The van der Waals surface area contributed by atoms with Crippen molar-refractivity contribution in [3.05, 3.63) is 46.2 Å². The van der Waals surface area contributed by atoms with Gasteiger partial charge in [0.15, 0.2) is 0 Å². The molecule has 2 aliphatic heterocycles. The normalized spacial score (nSPS) is 18.7. The summed E-state index contributed by atoms with van der Waals surface area (Å²) in [4.78, 5) is 2.64. The molecule has 0 spiro atoms. The highest BCUT2D eigenvalue weighted by atomic mass is 32.2. The fraction of sp³-hybridized carbons (Fsp3) is 0.412. The summed E-state index contributed by atoms with van der Waals surface area (Å²) in [7, 11) is -3.51. The summed E-state index contributed by atoms with van der Waals surface area (Å²) in [6, 6.07) is 7.29. The van der Waals surface area contributed by atoms with E-state index in [0.717, 1.165) is 30.8 Å². The third-order valence-corrected chi connectivity index (χ3v) is 6.82. The molecular weight excluding hydrogens is 344 g/mol. The Labute approximate surface area is 146 Å². The molecule has 0 saturated carbocycles. The highest BCUT2D eigenvalue weighted by molar-refractivity contribution is 7.89. The number of hydrogen-bond donors (Lipinski definition) is 1. The van der Waals surface area contributed by atoms with Crippen LogP contribution in [0.1, 0.15) is 23.6 Å². The van der Waals surface area contributed by atoms with Crippen LogP contribution < -0.4 is 9.46 Å². The summed E-state index contributed by atoms with van der Waals surface area (Å²) in [5, 5.41) is 4.14. The van der Waals surface area contributed by atoms with E-state index in [2.05, 4.69) is 21.1 Å². The molecule has 2 aromatic rings. The van der Waals surface area contributed by atoms with E-state index in [9.17, 15) is 8.42 Å². The van der Waals surface area contributed by atoms with Gasteiger partial charge in [0.05, 0.1) is 11.5 Å². The van der Waals surface area contributed by atoms with Gasteiger partial charge >= 0.3 is 0 Å². The molecule has 1 saturated heterocycles. The third-order valence-electron chi connectivity index (χ3n) is 4.70. The molecule has 24 heavy (non-hydrogen) atoms. The molecule has 5 nitrogen and oxygen atoms in total. The molecular formula is C17H20N2O3S2. The molecule has 0 amide bonds. The Hall–Kier alpha value is -1.41. The number of hydrogen-bond acceptors (Lipinski definition) is 5. The Bertz CT molecular complexity index is 814. The van der Waals surface area contributed by atoms with Gasteiger partial charge in [-0.15, -0.1) is 0 Å². The number of nitrogens with zero attached hydrogens (tertiary/aromatic N) is 1. The van der Waals surface area contributed by atoms with Crippen molar-refractivity contribution >= 4 is 21.4 Å². The summed E-state index contributed by atoms with van der Waals surface area (Å²) in [6.45, 7) is 3.07. The number of benzene rings is 1. The zero-order chi connectivity index (χ0) is 16.6. The fourth-order valence-electron chi connectivity index (χ4n) is 3.18. The van der Waals surface area contributed by atoms with Crippen molar-refractivity contribution in [3.8, 4) is 5.75 Å². The number of ether oxygens (including phenoxy) is 1. The lowest BCUT2D eigenvalue weighted by Crippen LogP contribution is -2.44. The van der Waals surface area contributed by atoms with Crippen molar-refractivity contribution in [2.24, 2.45) is 0 Å². The maximum absolute atomic E-state index is 12.7.